The van der Waals surface area contributed by atoms with Gasteiger partial charge in [-0.3, -0.25) is 4.79 Å². The molecule has 20 heavy (non-hydrogen) atoms. The first-order valence-electron chi connectivity index (χ1n) is 6.35. The highest BCUT2D eigenvalue weighted by Crippen LogP contribution is 2.28. The predicted octanol–water partition coefficient (Wildman–Crippen LogP) is -0.590. The van der Waals surface area contributed by atoms with Crippen LogP contribution in [0.5, 0.6) is 0 Å². The van der Waals surface area contributed by atoms with Crippen LogP contribution in [0.15, 0.2) is 0 Å². The highest BCUT2D eigenvalue weighted by atomic mass is 16.5. The molecule has 2 N–H and O–H groups in total. The number of carboxylic acids is 1. The molecule has 0 aliphatic carbocycles. The van der Waals surface area contributed by atoms with E-state index in [4.69, 9.17) is 14.7 Å². The molecule has 8 heteroatoms. The van der Waals surface area contributed by atoms with Crippen molar-refractivity contribution >= 4 is 12.0 Å². The van der Waals surface area contributed by atoms with Crippen LogP contribution in [0.1, 0.15) is 6.92 Å². The van der Waals surface area contributed by atoms with Gasteiger partial charge in [0.2, 0.25) is 0 Å². The SMILES string of the molecule is CC1(C(=O)O)COCC1NC(=O)N1CCOC(C#N)C1. The fourth-order valence-electron chi connectivity index (χ4n) is 2.24. The second kappa shape index (κ2) is 5.64. The van der Waals surface area contributed by atoms with Crippen molar-refractivity contribution in [2.45, 2.75) is 19.1 Å². The Bertz CT molecular complexity index is 449. The fourth-order valence-corrected chi connectivity index (χ4v) is 2.24. The number of amides is 2. The van der Waals surface area contributed by atoms with Gasteiger partial charge in [0.05, 0.1) is 38.5 Å². The van der Waals surface area contributed by atoms with Crippen molar-refractivity contribution in [3.63, 3.8) is 0 Å². The standard InChI is InChI=1S/C12H17N3O5/c1-12(10(16)17)7-19-6-9(12)14-11(18)15-2-3-20-8(4-13)5-15/h8-9H,2-3,5-7H2,1H3,(H,14,18)(H,16,17). The van der Waals surface area contributed by atoms with E-state index in [-0.39, 0.29) is 19.8 Å². The Morgan fingerprint density at radius 3 is 2.95 bits per heavy atom. The molecule has 0 aromatic carbocycles. The molecule has 2 aliphatic rings. The van der Waals surface area contributed by atoms with E-state index in [2.05, 4.69) is 5.32 Å². The molecule has 2 aliphatic heterocycles. The predicted molar refractivity (Wildman–Crippen MR) is 65.8 cm³/mol. The Morgan fingerprint density at radius 2 is 2.30 bits per heavy atom. The van der Waals surface area contributed by atoms with Gasteiger partial charge in [-0.1, -0.05) is 0 Å². The molecular weight excluding hydrogens is 266 g/mol. The molecule has 0 radical (unpaired) electrons. The zero-order chi connectivity index (χ0) is 14.8. The monoisotopic (exact) mass is 283 g/mol. The molecule has 0 saturated carbocycles. The second-order valence-electron chi connectivity index (χ2n) is 5.17. The number of carbonyl (C=O) groups excluding carboxylic acids is 1. The highest BCUT2D eigenvalue weighted by molar-refractivity contribution is 5.79. The van der Waals surface area contributed by atoms with Gasteiger partial charge in [-0.2, -0.15) is 5.26 Å². The Hall–Kier alpha value is -1.85. The molecule has 0 aromatic heterocycles. The van der Waals surface area contributed by atoms with E-state index < -0.39 is 29.6 Å². The summed E-state index contributed by atoms with van der Waals surface area (Å²) >= 11 is 0. The van der Waals surface area contributed by atoms with E-state index in [9.17, 15) is 14.7 Å². The Kier molecular flexibility index (Phi) is 4.11. The minimum atomic E-state index is -1.13. The maximum atomic E-state index is 12.1. The summed E-state index contributed by atoms with van der Waals surface area (Å²) in [6, 6.07) is 0.975. The number of rotatable bonds is 2. The van der Waals surface area contributed by atoms with Crippen molar-refractivity contribution in [1.29, 1.82) is 5.26 Å². The number of nitrogens with zero attached hydrogens (tertiary/aromatic N) is 2. The lowest BCUT2D eigenvalue weighted by molar-refractivity contribution is -0.148. The summed E-state index contributed by atoms with van der Waals surface area (Å²) in [6.07, 6.45) is -0.639. The maximum absolute atomic E-state index is 12.1. The summed E-state index contributed by atoms with van der Waals surface area (Å²) in [5.41, 5.74) is -1.13. The van der Waals surface area contributed by atoms with E-state index in [1.54, 1.807) is 6.92 Å². The van der Waals surface area contributed by atoms with Crippen LogP contribution in [0.25, 0.3) is 0 Å². The van der Waals surface area contributed by atoms with E-state index in [0.717, 1.165) is 0 Å². The van der Waals surface area contributed by atoms with Crippen molar-refractivity contribution in [1.82, 2.24) is 10.2 Å². The summed E-state index contributed by atoms with van der Waals surface area (Å²) in [6.45, 7) is 2.63. The lowest BCUT2D eigenvalue weighted by Gasteiger charge is -2.32. The average molecular weight is 283 g/mol. The van der Waals surface area contributed by atoms with Gasteiger partial charge in [0.15, 0.2) is 6.10 Å². The Morgan fingerprint density at radius 1 is 1.55 bits per heavy atom. The van der Waals surface area contributed by atoms with Gasteiger partial charge in [0.25, 0.3) is 0 Å². The third kappa shape index (κ3) is 2.69. The number of hydrogen-bond acceptors (Lipinski definition) is 5. The van der Waals surface area contributed by atoms with E-state index in [1.165, 1.54) is 4.90 Å². The normalized spacial score (nSPS) is 33.5. The smallest absolute Gasteiger partial charge is 0.317 e. The Labute approximate surface area is 116 Å². The summed E-state index contributed by atoms with van der Waals surface area (Å²) in [7, 11) is 0. The van der Waals surface area contributed by atoms with Gasteiger partial charge in [0, 0.05) is 6.54 Å². The quantitative estimate of drug-likeness (QED) is 0.700. The van der Waals surface area contributed by atoms with Crippen LogP contribution in [0.3, 0.4) is 0 Å². The fraction of sp³-hybridized carbons (Fsp3) is 0.750. The molecule has 2 amide bonds. The van der Waals surface area contributed by atoms with Gasteiger partial charge in [-0.15, -0.1) is 0 Å². The topological polar surface area (TPSA) is 112 Å². The molecule has 2 heterocycles. The molecule has 0 bridgehead atoms. The van der Waals surface area contributed by atoms with Crippen LogP contribution in [-0.2, 0) is 14.3 Å². The number of aliphatic carboxylic acids is 1. The van der Waals surface area contributed by atoms with Gasteiger partial charge < -0.3 is 24.8 Å². The summed E-state index contributed by atoms with van der Waals surface area (Å²) in [5.74, 6) is -1.00. The second-order valence-corrected chi connectivity index (χ2v) is 5.17. The van der Waals surface area contributed by atoms with Crippen LogP contribution < -0.4 is 5.32 Å². The van der Waals surface area contributed by atoms with Crippen molar-refractivity contribution in [2.24, 2.45) is 5.41 Å². The number of carbonyl (C=O) groups is 2. The first kappa shape index (κ1) is 14.6. The van der Waals surface area contributed by atoms with Crippen LogP contribution in [0.2, 0.25) is 0 Å². The minimum absolute atomic E-state index is 0.0667. The third-order valence-electron chi connectivity index (χ3n) is 3.74. The zero-order valence-electron chi connectivity index (χ0n) is 11.2. The summed E-state index contributed by atoms with van der Waals surface area (Å²) in [5, 5.41) is 20.7. The number of nitrogens with one attached hydrogen (secondary N) is 1. The van der Waals surface area contributed by atoms with E-state index >= 15 is 0 Å². The average Bonchev–Trinajstić information content (AvgIpc) is 2.81. The minimum Gasteiger partial charge on any atom is -0.481 e. The zero-order valence-corrected chi connectivity index (χ0v) is 11.2. The van der Waals surface area contributed by atoms with Crippen molar-refractivity contribution in [3.05, 3.63) is 0 Å². The Balaban J connectivity index is 1.97. The van der Waals surface area contributed by atoms with E-state index in [1.807, 2.05) is 6.07 Å². The number of morpholine rings is 1. The van der Waals surface area contributed by atoms with E-state index in [0.29, 0.717) is 13.2 Å². The lowest BCUT2D eigenvalue weighted by Crippen LogP contribution is -2.56. The lowest BCUT2D eigenvalue weighted by atomic mass is 9.85. The molecule has 2 rings (SSSR count). The molecule has 2 saturated heterocycles. The first-order valence-corrected chi connectivity index (χ1v) is 6.35. The number of nitriles is 1. The molecule has 0 aromatic rings. The van der Waals surface area contributed by atoms with Crippen LogP contribution in [-0.4, -0.2) is 67.1 Å². The van der Waals surface area contributed by atoms with Gasteiger partial charge in [0.1, 0.15) is 5.41 Å². The van der Waals surface area contributed by atoms with Crippen LogP contribution in [0.4, 0.5) is 4.79 Å². The first-order chi connectivity index (χ1) is 9.47. The third-order valence-corrected chi connectivity index (χ3v) is 3.74. The van der Waals surface area contributed by atoms with Crippen LogP contribution >= 0.6 is 0 Å². The maximum Gasteiger partial charge on any atom is 0.317 e. The van der Waals surface area contributed by atoms with Crippen molar-refractivity contribution in [2.75, 3.05) is 32.9 Å². The van der Waals surface area contributed by atoms with Gasteiger partial charge in [-0.25, -0.2) is 4.79 Å². The largest absolute Gasteiger partial charge is 0.481 e. The van der Waals surface area contributed by atoms with Crippen LogP contribution in [0, 0.1) is 16.7 Å². The number of ether oxygens (including phenoxy) is 2. The summed E-state index contributed by atoms with van der Waals surface area (Å²) in [4.78, 5) is 24.9. The molecule has 3 unspecified atom stereocenters. The highest BCUT2D eigenvalue weighted by Gasteiger charge is 2.47. The molecule has 0 spiro atoms. The number of carboxylic acid groups (broad SMARTS) is 1. The molecule has 3 atom stereocenters. The summed E-state index contributed by atoms with van der Waals surface area (Å²) < 4.78 is 10.3. The van der Waals surface area contributed by atoms with Gasteiger partial charge >= 0.3 is 12.0 Å². The molecule has 8 nitrogen and oxygen atoms in total. The van der Waals surface area contributed by atoms with Crippen molar-refractivity contribution < 1.29 is 24.2 Å². The molecular formula is C12H17N3O5. The molecule has 2 fully saturated rings. The number of urea groups is 1. The number of hydrogen-bond donors (Lipinski definition) is 2. The van der Waals surface area contributed by atoms with Crippen molar-refractivity contribution in [3.8, 4) is 6.07 Å². The van der Waals surface area contributed by atoms with Gasteiger partial charge in [-0.05, 0) is 6.92 Å². The molecule has 110 valence electrons.